The molecule has 0 saturated carbocycles. The first-order chi connectivity index (χ1) is 11.8. The molecule has 1 aromatic carbocycles. The lowest BCUT2D eigenvalue weighted by atomic mass is 10.1. The second kappa shape index (κ2) is 8.99. The van der Waals surface area contributed by atoms with Crippen LogP contribution in [0.4, 0.5) is 13.2 Å². The molecule has 25 heavy (non-hydrogen) atoms. The van der Waals surface area contributed by atoms with E-state index in [1.165, 1.54) is 12.1 Å². The van der Waals surface area contributed by atoms with E-state index < -0.39 is 11.7 Å². The van der Waals surface area contributed by atoms with Crippen molar-refractivity contribution in [1.29, 1.82) is 0 Å². The van der Waals surface area contributed by atoms with Crippen molar-refractivity contribution < 1.29 is 13.2 Å². The van der Waals surface area contributed by atoms with Gasteiger partial charge in [0.25, 0.3) is 0 Å². The number of alkyl halides is 3. The van der Waals surface area contributed by atoms with Crippen LogP contribution in [-0.2, 0) is 6.18 Å². The third-order valence-electron chi connectivity index (χ3n) is 2.68. The predicted molar refractivity (Wildman–Crippen MR) is 103 cm³/mol. The van der Waals surface area contributed by atoms with Crippen LogP contribution in [-0.4, -0.2) is 19.9 Å². The van der Waals surface area contributed by atoms with E-state index in [0.29, 0.717) is 15.9 Å². The van der Waals surface area contributed by atoms with Gasteiger partial charge in [0.1, 0.15) is 0 Å². The minimum atomic E-state index is -4.32. The molecule has 0 aliphatic rings. The van der Waals surface area contributed by atoms with Crippen LogP contribution in [0.1, 0.15) is 5.56 Å². The van der Waals surface area contributed by atoms with Crippen LogP contribution in [0.5, 0.6) is 0 Å². The summed E-state index contributed by atoms with van der Waals surface area (Å²) in [6.45, 7) is 0. The molecule has 3 aromatic rings. The summed E-state index contributed by atoms with van der Waals surface area (Å²) >= 11 is 8.45. The average molecular weight is 588 g/mol. The van der Waals surface area contributed by atoms with Gasteiger partial charge in [-0.15, -0.1) is 0 Å². The molecule has 0 fully saturated rings. The normalized spacial score (nSPS) is 10.8. The maximum absolute atomic E-state index is 12.3. The molecule has 2 aromatic heterocycles. The molecule has 0 radical (unpaired) electrons. The van der Waals surface area contributed by atoms with Gasteiger partial charge >= 0.3 is 6.18 Å². The Morgan fingerprint density at radius 2 is 1.20 bits per heavy atom. The molecule has 0 saturated heterocycles. The Bertz CT molecular complexity index is 789. The lowest BCUT2D eigenvalue weighted by Crippen LogP contribution is -2.04. The summed E-state index contributed by atoms with van der Waals surface area (Å²) in [5.74, 6) is 0.391. The van der Waals surface area contributed by atoms with Crippen LogP contribution >= 0.6 is 54.5 Å². The zero-order valence-corrected chi connectivity index (χ0v) is 17.5. The maximum Gasteiger partial charge on any atom is 0.416 e. The molecule has 0 bridgehead atoms. The number of aromatic nitrogens is 4. The molecule has 0 atom stereocenters. The second-order valence-electron chi connectivity index (χ2n) is 4.47. The Labute approximate surface area is 171 Å². The Balaban J connectivity index is 0.000000236. The van der Waals surface area contributed by atoms with Crippen LogP contribution in [0.15, 0.2) is 58.0 Å². The third-order valence-corrected chi connectivity index (χ3v) is 4.06. The highest BCUT2D eigenvalue weighted by atomic mass is 127. The molecule has 0 aliphatic carbocycles. The van der Waals surface area contributed by atoms with Crippen molar-refractivity contribution in [2.75, 3.05) is 0 Å². The smallest absolute Gasteiger partial charge is 0.235 e. The van der Waals surface area contributed by atoms with Crippen molar-refractivity contribution in [3.63, 3.8) is 0 Å². The summed E-state index contributed by atoms with van der Waals surface area (Å²) in [6.07, 6.45) is 2.20. The number of nitrogens with zero attached hydrogens (tertiary/aromatic N) is 4. The summed E-state index contributed by atoms with van der Waals surface area (Å²) in [7, 11) is 0. The fraction of sp³-hybridized carbons (Fsp3) is 0.0667. The Kier molecular flexibility index (Phi) is 7.25. The van der Waals surface area contributed by atoms with E-state index >= 15 is 0 Å². The van der Waals surface area contributed by atoms with Gasteiger partial charge in [-0.25, -0.2) is 19.9 Å². The van der Waals surface area contributed by atoms with Gasteiger partial charge in [0.15, 0.2) is 9.66 Å². The molecule has 0 amide bonds. The van der Waals surface area contributed by atoms with Gasteiger partial charge in [-0.3, -0.25) is 0 Å². The monoisotopic (exact) mass is 586 g/mol. The van der Waals surface area contributed by atoms with Gasteiger partial charge < -0.3 is 0 Å². The van der Waals surface area contributed by atoms with Crippen LogP contribution in [0.2, 0.25) is 0 Å². The van der Waals surface area contributed by atoms with E-state index in [4.69, 9.17) is 0 Å². The van der Waals surface area contributed by atoms with Gasteiger partial charge in [0, 0.05) is 52.9 Å². The molecule has 2 heterocycles. The fourth-order valence-electron chi connectivity index (χ4n) is 1.57. The predicted octanol–water partition coefficient (Wildman–Crippen LogP) is 5.77. The van der Waals surface area contributed by atoms with Crippen LogP contribution < -0.4 is 0 Å². The SMILES string of the molecule is Brc1cnc(I)nc1.FC(F)(F)c1ccc(-c2ncc(Br)cn2)cc1. The number of hydrogen-bond donors (Lipinski definition) is 0. The largest absolute Gasteiger partial charge is 0.416 e. The van der Waals surface area contributed by atoms with Gasteiger partial charge in [-0.1, -0.05) is 12.1 Å². The first kappa shape index (κ1) is 20.2. The lowest BCUT2D eigenvalue weighted by molar-refractivity contribution is -0.137. The molecule has 4 nitrogen and oxygen atoms in total. The quantitative estimate of drug-likeness (QED) is 0.268. The molecule has 10 heteroatoms. The van der Waals surface area contributed by atoms with Crippen LogP contribution in [0.3, 0.4) is 0 Å². The van der Waals surface area contributed by atoms with Crippen molar-refractivity contribution in [2.24, 2.45) is 0 Å². The Morgan fingerprint density at radius 1 is 0.760 bits per heavy atom. The summed E-state index contributed by atoms with van der Waals surface area (Å²) in [6, 6.07) is 4.74. The molecule has 0 aliphatic heterocycles. The molecule has 3 rings (SSSR count). The molecule has 0 unspecified atom stereocenters. The number of halogens is 6. The van der Waals surface area contributed by atoms with Gasteiger partial charge in [0.05, 0.1) is 14.5 Å². The summed E-state index contributed by atoms with van der Waals surface area (Å²) in [4.78, 5) is 15.8. The van der Waals surface area contributed by atoms with Gasteiger partial charge in [-0.2, -0.15) is 13.2 Å². The van der Waals surface area contributed by atoms with E-state index in [-0.39, 0.29) is 0 Å². The maximum atomic E-state index is 12.3. The number of rotatable bonds is 1. The third kappa shape index (κ3) is 6.59. The highest BCUT2D eigenvalue weighted by Crippen LogP contribution is 2.30. The van der Waals surface area contributed by atoms with Crippen molar-refractivity contribution in [1.82, 2.24) is 19.9 Å². The first-order valence-electron chi connectivity index (χ1n) is 6.54. The van der Waals surface area contributed by atoms with Crippen LogP contribution in [0.25, 0.3) is 11.4 Å². The highest BCUT2D eigenvalue weighted by molar-refractivity contribution is 14.1. The van der Waals surface area contributed by atoms with E-state index in [9.17, 15) is 13.2 Å². The molecular formula is C15H8Br2F3IN4. The van der Waals surface area contributed by atoms with E-state index in [1.54, 1.807) is 24.8 Å². The van der Waals surface area contributed by atoms with Crippen molar-refractivity contribution in [2.45, 2.75) is 6.18 Å². The van der Waals surface area contributed by atoms with Gasteiger partial charge in [-0.05, 0) is 44.0 Å². The molecule has 0 N–H and O–H groups in total. The number of hydrogen-bond acceptors (Lipinski definition) is 4. The van der Waals surface area contributed by atoms with Crippen molar-refractivity contribution in [3.05, 3.63) is 67.4 Å². The zero-order chi connectivity index (χ0) is 18.4. The number of benzene rings is 1. The van der Waals surface area contributed by atoms with E-state index in [1.807, 2.05) is 0 Å². The van der Waals surface area contributed by atoms with Crippen molar-refractivity contribution >= 4 is 54.5 Å². The first-order valence-corrected chi connectivity index (χ1v) is 9.20. The summed E-state index contributed by atoms with van der Waals surface area (Å²) < 4.78 is 39.4. The minimum Gasteiger partial charge on any atom is -0.235 e. The second-order valence-corrected chi connectivity index (χ2v) is 7.27. The zero-order valence-electron chi connectivity index (χ0n) is 12.2. The average Bonchev–Trinajstić information content (AvgIpc) is 2.58. The topological polar surface area (TPSA) is 51.6 Å². The van der Waals surface area contributed by atoms with E-state index in [0.717, 1.165) is 20.4 Å². The summed E-state index contributed by atoms with van der Waals surface area (Å²) in [5.41, 5.74) is -0.135. The Hall–Kier alpha value is -1.14. The fourth-order valence-corrected chi connectivity index (χ4v) is 2.25. The molecular weight excluding hydrogens is 580 g/mol. The lowest BCUT2D eigenvalue weighted by Gasteiger charge is -2.06. The van der Waals surface area contributed by atoms with Crippen LogP contribution in [0, 0.1) is 3.83 Å². The highest BCUT2D eigenvalue weighted by Gasteiger charge is 2.30. The van der Waals surface area contributed by atoms with Gasteiger partial charge in [0.2, 0.25) is 0 Å². The van der Waals surface area contributed by atoms with Crippen molar-refractivity contribution in [3.8, 4) is 11.4 Å². The molecule has 130 valence electrons. The minimum absolute atomic E-state index is 0.391. The Morgan fingerprint density at radius 3 is 1.60 bits per heavy atom. The molecule has 0 spiro atoms. The summed E-state index contributed by atoms with van der Waals surface area (Å²) in [5, 5.41) is 0. The standard InChI is InChI=1S/C11H6BrF3N2.C4H2BrIN2/c12-9-5-16-10(17-6-9)7-1-3-8(4-2-7)11(13,14)15;5-3-1-7-4(6)8-2-3/h1-6H;1-2H. The van der Waals surface area contributed by atoms with E-state index in [2.05, 4.69) is 74.4 Å².